The van der Waals surface area contributed by atoms with Crippen LogP contribution in [0.4, 0.5) is 5.13 Å². The number of H-pyrrole nitrogens is 1. The Labute approximate surface area is 216 Å². The second-order valence-corrected chi connectivity index (χ2v) is 10.3. The summed E-state index contributed by atoms with van der Waals surface area (Å²) >= 11 is 8.05. The third kappa shape index (κ3) is 4.59. The van der Waals surface area contributed by atoms with Crippen molar-refractivity contribution in [1.82, 2.24) is 24.5 Å². The van der Waals surface area contributed by atoms with Gasteiger partial charge < -0.3 is 19.6 Å². The smallest absolute Gasteiger partial charge is 0.253 e. The van der Waals surface area contributed by atoms with Crippen LogP contribution in [0.15, 0.2) is 66.1 Å². The van der Waals surface area contributed by atoms with E-state index in [0.717, 1.165) is 26.8 Å². The molecule has 0 aliphatic heterocycles. The highest BCUT2D eigenvalue weighted by atomic mass is 35.5. The minimum Gasteiger partial charge on any atom is -0.486 e. The lowest BCUT2D eigenvalue weighted by atomic mass is 10.1. The van der Waals surface area contributed by atoms with Gasteiger partial charge in [-0.05, 0) is 44.0 Å². The average Bonchev–Trinajstić information content (AvgIpc) is 3.42. The van der Waals surface area contributed by atoms with Crippen molar-refractivity contribution in [2.75, 3.05) is 5.32 Å². The molecule has 5 aromatic rings. The molecule has 1 aliphatic carbocycles. The number of thiazole rings is 1. The van der Waals surface area contributed by atoms with Crippen molar-refractivity contribution in [3.63, 3.8) is 0 Å². The standard InChI is InChI=1S/C26H23ClN6O2S/c1-15(31-26-30-12-24(36-26)22-11-28-14-33(22)18-5-6-18)19-8-16-9-20(27)23(10-21(16)32-25(19)34)35-13-17-4-2-3-7-29-17/h2-4,7-12,14-15,18H,5-6,13H2,1H3,(H,30,31)(H,32,34)/t15-/m0/s1. The van der Waals surface area contributed by atoms with Crippen LogP contribution in [0.1, 0.15) is 43.1 Å². The third-order valence-electron chi connectivity index (χ3n) is 6.20. The van der Waals surface area contributed by atoms with Crippen LogP contribution >= 0.6 is 22.9 Å². The lowest BCUT2D eigenvalue weighted by Crippen LogP contribution is -2.19. The highest BCUT2D eigenvalue weighted by Crippen LogP contribution is 2.40. The summed E-state index contributed by atoms with van der Waals surface area (Å²) < 4.78 is 8.06. The van der Waals surface area contributed by atoms with Crippen molar-refractivity contribution in [3.8, 4) is 16.3 Å². The minimum atomic E-state index is -0.260. The Morgan fingerprint density at radius 2 is 2.14 bits per heavy atom. The SMILES string of the molecule is C[C@H](Nc1ncc(-c2cncn2C2CC2)s1)c1cc2cc(Cl)c(OCc3ccccn3)cc2[nH]c1=O. The van der Waals surface area contributed by atoms with Crippen molar-refractivity contribution in [1.29, 1.82) is 0 Å². The maximum absolute atomic E-state index is 13.0. The Kier molecular flexibility index (Phi) is 5.94. The molecule has 0 radical (unpaired) electrons. The number of anilines is 1. The zero-order chi connectivity index (χ0) is 24.6. The molecule has 182 valence electrons. The van der Waals surface area contributed by atoms with E-state index in [0.29, 0.717) is 27.9 Å². The van der Waals surface area contributed by atoms with Gasteiger partial charge in [-0.25, -0.2) is 9.97 Å². The molecular formula is C26H23ClN6O2S. The number of nitrogens with zero attached hydrogens (tertiary/aromatic N) is 4. The van der Waals surface area contributed by atoms with Crippen molar-refractivity contribution >= 4 is 39.0 Å². The number of nitrogens with one attached hydrogen (secondary N) is 2. The van der Waals surface area contributed by atoms with Crippen LogP contribution in [0.2, 0.25) is 5.02 Å². The number of ether oxygens (including phenoxy) is 1. The normalized spacial score (nSPS) is 14.2. The van der Waals surface area contributed by atoms with Gasteiger partial charge in [-0.15, -0.1) is 0 Å². The molecule has 1 aliphatic rings. The zero-order valence-corrected chi connectivity index (χ0v) is 21.0. The van der Waals surface area contributed by atoms with E-state index >= 15 is 0 Å². The number of hydrogen-bond acceptors (Lipinski definition) is 7. The summed E-state index contributed by atoms with van der Waals surface area (Å²) in [5, 5.41) is 5.40. The van der Waals surface area contributed by atoms with Gasteiger partial charge >= 0.3 is 0 Å². The van der Waals surface area contributed by atoms with E-state index in [9.17, 15) is 4.79 Å². The van der Waals surface area contributed by atoms with Crippen molar-refractivity contribution in [3.05, 3.63) is 87.9 Å². The predicted molar refractivity (Wildman–Crippen MR) is 142 cm³/mol. The molecule has 4 heterocycles. The first kappa shape index (κ1) is 22.8. The molecule has 4 aromatic heterocycles. The van der Waals surface area contributed by atoms with Crippen LogP contribution in [0, 0.1) is 0 Å². The number of hydrogen-bond donors (Lipinski definition) is 2. The summed E-state index contributed by atoms with van der Waals surface area (Å²) in [5.74, 6) is 0.491. The highest BCUT2D eigenvalue weighted by molar-refractivity contribution is 7.18. The number of rotatable bonds is 8. The van der Waals surface area contributed by atoms with Gasteiger partial charge in [0.1, 0.15) is 12.4 Å². The zero-order valence-electron chi connectivity index (χ0n) is 19.4. The molecule has 8 nitrogen and oxygen atoms in total. The fraction of sp³-hybridized carbons (Fsp3) is 0.231. The number of imidazole rings is 1. The third-order valence-corrected chi connectivity index (χ3v) is 7.44. The Balaban J connectivity index is 1.21. The first-order valence-electron chi connectivity index (χ1n) is 11.7. The maximum atomic E-state index is 13.0. The van der Waals surface area contributed by atoms with Crippen LogP contribution in [0.25, 0.3) is 21.5 Å². The highest BCUT2D eigenvalue weighted by Gasteiger charge is 2.26. The van der Waals surface area contributed by atoms with Gasteiger partial charge in [0.2, 0.25) is 0 Å². The van der Waals surface area contributed by atoms with Crippen molar-refractivity contribution < 1.29 is 4.74 Å². The molecule has 1 aromatic carbocycles. The summed E-state index contributed by atoms with van der Waals surface area (Å²) in [6, 6.07) is 11.3. The van der Waals surface area contributed by atoms with Crippen LogP contribution in [0.3, 0.4) is 0 Å². The number of benzene rings is 1. The Hall–Kier alpha value is -3.69. The van der Waals surface area contributed by atoms with Crippen LogP contribution < -0.4 is 15.6 Å². The monoisotopic (exact) mass is 518 g/mol. The fourth-order valence-electron chi connectivity index (χ4n) is 4.15. The number of halogens is 1. The second kappa shape index (κ2) is 9.40. The van der Waals surface area contributed by atoms with E-state index in [-0.39, 0.29) is 18.2 Å². The minimum absolute atomic E-state index is 0.177. The van der Waals surface area contributed by atoms with Gasteiger partial charge in [0.05, 0.1) is 45.4 Å². The van der Waals surface area contributed by atoms with E-state index in [2.05, 4.69) is 29.8 Å². The van der Waals surface area contributed by atoms with Gasteiger partial charge in [0.25, 0.3) is 5.56 Å². The van der Waals surface area contributed by atoms with Gasteiger partial charge in [0, 0.05) is 35.5 Å². The summed E-state index contributed by atoms with van der Waals surface area (Å²) in [6.45, 7) is 2.23. The van der Waals surface area contributed by atoms with Crippen LogP contribution in [-0.2, 0) is 6.61 Å². The molecule has 2 N–H and O–H groups in total. The Bertz CT molecular complexity index is 1590. The first-order chi connectivity index (χ1) is 17.5. The molecule has 0 unspecified atom stereocenters. The topological polar surface area (TPSA) is 97.7 Å². The molecule has 1 atom stereocenters. The molecule has 0 bridgehead atoms. The van der Waals surface area contributed by atoms with E-state index < -0.39 is 0 Å². The molecule has 0 amide bonds. The quantitative estimate of drug-likeness (QED) is 0.262. The number of aromatic amines is 1. The second-order valence-electron chi connectivity index (χ2n) is 8.85. The Morgan fingerprint density at radius 3 is 2.94 bits per heavy atom. The van der Waals surface area contributed by atoms with E-state index in [1.807, 2.05) is 49.9 Å². The number of pyridine rings is 2. The van der Waals surface area contributed by atoms with Gasteiger partial charge in [-0.2, -0.15) is 0 Å². The van der Waals surface area contributed by atoms with Gasteiger partial charge in [0.15, 0.2) is 5.13 Å². The number of aromatic nitrogens is 5. The average molecular weight is 519 g/mol. The summed E-state index contributed by atoms with van der Waals surface area (Å²) in [7, 11) is 0. The summed E-state index contributed by atoms with van der Waals surface area (Å²) in [4.78, 5) is 30.1. The molecule has 10 heteroatoms. The van der Waals surface area contributed by atoms with Crippen LogP contribution in [0.5, 0.6) is 5.75 Å². The summed E-state index contributed by atoms with van der Waals surface area (Å²) in [5.41, 5.74) is 2.94. The maximum Gasteiger partial charge on any atom is 0.253 e. The molecule has 36 heavy (non-hydrogen) atoms. The van der Waals surface area contributed by atoms with E-state index in [1.165, 1.54) is 12.8 Å². The van der Waals surface area contributed by atoms with Gasteiger partial charge in [-0.3, -0.25) is 9.78 Å². The van der Waals surface area contributed by atoms with E-state index in [1.54, 1.807) is 29.7 Å². The lowest BCUT2D eigenvalue weighted by Gasteiger charge is -2.14. The van der Waals surface area contributed by atoms with Crippen LogP contribution in [-0.4, -0.2) is 24.5 Å². The predicted octanol–water partition coefficient (Wildman–Crippen LogP) is 5.98. The summed E-state index contributed by atoms with van der Waals surface area (Å²) in [6.07, 6.45) is 9.72. The lowest BCUT2D eigenvalue weighted by molar-refractivity contribution is 0.302. The molecular weight excluding hydrogens is 496 g/mol. The molecule has 0 spiro atoms. The van der Waals surface area contributed by atoms with Crippen molar-refractivity contribution in [2.24, 2.45) is 0 Å². The first-order valence-corrected chi connectivity index (χ1v) is 12.9. The fourth-order valence-corrected chi connectivity index (χ4v) is 5.30. The number of fused-ring (bicyclic) bond motifs is 1. The van der Waals surface area contributed by atoms with E-state index in [4.69, 9.17) is 16.3 Å². The molecule has 1 saturated carbocycles. The largest absolute Gasteiger partial charge is 0.486 e. The van der Waals surface area contributed by atoms with Gasteiger partial charge in [-0.1, -0.05) is 29.0 Å². The molecule has 6 rings (SSSR count). The molecule has 1 fully saturated rings. The molecule has 0 saturated heterocycles. The van der Waals surface area contributed by atoms with Crippen molar-refractivity contribution in [2.45, 2.75) is 38.5 Å². The Morgan fingerprint density at radius 1 is 1.25 bits per heavy atom.